The van der Waals surface area contributed by atoms with Crippen LogP contribution in [-0.2, 0) is 0 Å². The zero-order valence-electron chi connectivity index (χ0n) is 31.6. The Morgan fingerprint density at radius 2 is 0.655 bits per heavy atom. The Kier molecular flexibility index (Phi) is 10.1. The second kappa shape index (κ2) is 16.4. The van der Waals surface area contributed by atoms with Gasteiger partial charge in [-0.1, -0.05) is 182 Å². The molecule has 0 atom stereocenters. The maximum atomic E-state index is 9.59. The molecule has 0 amide bonds. The zero-order valence-corrected chi connectivity index (χ0v) is 31.6. The summed E-state index contributed by atoms with van der Waals surface area (Å²) in [4.78, 5) is 15.1. The molecule has 0 saturated heterocycles. The molecule has 4 nitrogen and oxygen atoms in total. The average Bonchev–Trinajstić information content (AvgIpc) is 3.32. The Morgan fingerprint density at radius 1 is 0.293 bits per heavy atom. The molecule has 0 saturated carbocycles. The van der Waals surface area contributed by atoms with Gasteiger partial charge in [-0.3, -0.25) is 0 Å². The number of hydrogen-bond donors (Lipinski definition) is 0. The molecule has 9 aromatic rings. The van der Waals surface area contributed by atoms with E-state index in [0.29, 0.717) is 23.0 Å². The van der Waals surface area contributed by atoms with Gasteiger partial charge in [-0.15, -0.1) is 0 Å². The van der Waals surface area contributed by atoms with Crippen molar-refractivity contribution in [2.75, 3.05) is 0 Å². The minimum Gasteiger partial charge on any atom is -0.208 e. The van der Waals surface area contributed by atoms with Crippen LogP contribution < -0.4 is 0 Å². The van der Waals surface area contributed by atoms with Crippen molar-refractivity contribution < 1.29 is 0 Å². The summed E-state index contributed by atoms with van der Waals surface area (Å²) in [5.41, 5.74) is 14.1. The van der Waals surface area contributed by atoms with Crippen LogP contribution >= 0.6 is 0 Å². The van der Waals surface area contributed by atoms with E-state index < -0.39 is 0 Å². The van der Waals surface area contributed by atoms with Crippen LogP contribution in [0.1, 0.15) is 27.8 Å². The molecular formula is C54H36N4. The molecule has 1 aromatic heterocycles. The second-order valence-electron chi connectivity index (χ2n) is 14.0. The van der Waals surface area contributed by atoms with E-state index >= 15 is 0 Å². The van der Waals surface area contributed by atoms with Gasteiger partial charge in [-0.2, -0.15) is 5.26 Å². The molecule has 0 spiro atoms. The smallest absolute Gasteiger partial charge is 0.164 e. The van der Waals surface area contributed by atoms with Gasteiger partial charge in [0.2, 0.25) is 0 Å². The van der Waals surface area contributed by atoms with Crippen molar-refractivity contribution in [2.45, 2.75) is 0 Å². The third kappa shape index (κ3) is 7.62. The van der Waals surface area contributed by atoms with Gasteiger partial charge in [-0.25, -0.2) is 15.0 Å². The van der Waals surface area contributed by atoms with E-state index in [9.17, 15) is 5.26 Å². The SMILES string of the molecule is N#Cc1ccc(-c2cc(-c3cccc(C(=C(c4ccccc4)c4ccccc4)c4ccccc4)c3)cc(-c3nc(-c4ccccc4)nc(-c4ccccc4)n3)c2)cc1. The van der Waals surface area contributed by atoms with Crippen LogP contribution in [-0.4, -0.2) is 15.0 Å². The number of hydrogen-bond acceptors (Lipinski definition) is 4. The summed E-state index contributed by atoms with van der Waals surface area (Å²) in [6.07, 6.45) is 0. The monoisotopic (exact) mass is 740 g/mol. The first-order valence-corrected chi connectivity index (χ1v) is 19.2. The Balaban J connectivity index is 1.27. The van der Waals surface area contributed by atoms with E-state index in [4.69, 9.17) is 15.0 Å². The highest BCUT2D eigenvalue weighted by atomic mass is 15.0. The quantitative estimate of drug-likeness (QED) is 0.138. The molecule has 0 unspecified atom stereocenters. The van der Waals surface area contributed by atoms with Gasteiger partial charge < -0.3 is 0 Å². The molecule has 58 heavy (non-hydrogen) atoms. The molecule has 4 heteroatoms. The Labute approximate surface area is 338 Å². The minimum atomic E-state index is 0.570. The van der Waals surface area contributed by atoms with E-state index in [0.717, 1.165) is 72.3 Å². The molecule has 272 valence electrons. The van der Waals surface area contributed by atoms with E-state index in [2.05, 4.69) is 140 Å². The summed E-state index contributed by atoms with van der Waals surface area (Å²) in [6, 6.07) is 77.2. The lowest BCUT2D eigenvalue weighted by Crippen LogP contribution is -2.00. The topological polar surface area (TPSA) is 62.5 Å². The first kappa shape index (κ1) is 35.7. The lowest BCUT2D eigenvalue weighted by atomic mass is 9.85. The first-order chi connectivity index (χ1) is 28.7. The van der Waals surface area contributed by atoms with E-state index in [1.54, 1.807) is 0 Å². The number of rotatable bonds is 9. The van der Waals surface area contributed by atoms with Crippen LogP contribution in [0.15, 0.2) is 218 Å². The molecule has 0 fully saturated rings. The number of aromatic nitrogens is 3. The van der Waals surface area contributed by atoms with Crippen LogP contribution in [0, 0.1) is 11.3 Å². The number of benzene rings is 8. The van der Waals surface area contributed by atoms with Crippen LogP contribution in [0.2, 0.25) is 0 Å². The number of nitrogens with zero attached hydrogens (tertiary/aromatic N) is 4. The molecule has 0 aliphatic heterocycles. The van der Waals surface area contributed by atoms with E-state index in [1.165, 1.54) is 0 Å². The third-order valence-electron chi connectivity index (χ3n) is 10.2. The summed E-state index contributed by atoms with van der Waals surface area (Å²) in [5, 5.41) is 9.59. The van der Waals surface area contributed by atoms with E-state index in [-0.39, 0.29) is 0 Å². The number of nitriles is 1. The highest BCUT2D eigenvalue weighted by Gasteiger charge is 2.18. The molecule has 9 rings (SSSR count). The van der Waals surface area contributed by atoms with Crippen molar-refractivity contribution in [2.24, 2.45) is 0 Å². The Hall–Kier alpha value is -8.00. The highest BCUT2D eigenvalue weighted by Crippen LogP contribution is 2.39. The van der Waals surface area contributed by atoms with Gasteiger partial charge in [-0.05, 0) is 92.1 Å². The third-order valence-corrected chi connectivity index (χ3v) is 10.2. The van der Waals surface area contributed by atoms with Crippen molar-refractivity contribution in [3.05, 3.63) is 246 Å². The Morgan fingerprint density at radius 3 is 1.12 bits per heavy atom. The van der Waals surface area contributed by atoms with Gasteiger partial charge in [0.05, 0.1) is 11.6 Å². The van der Waals surface area contributed by atoms with Crippen molar-refractivity contribution in [3.63, 3.8) is 0 Å². The summed E-state index contributed by atoms with van der Waals surface area (Å²) in [7, 11) is 0. The maximum absolute atomic E-state index is 9.59. The van der Waals surface area contributed by atoms with Crippen LogP contribution in [0.25, 0.3) is 67.6 Å². The lowest BCUT2D eigenvalue weighted by Gasteiger charge is -2.19. The fourth-order valence-corrected chi connectivity index (χ4v) is 7.34. The second-order valence-corrected chi connectivity index (χ2v) is 14.0. The fraction of sp³-hybridized carbons (Fsp3) is 0. The van der Waals surface area contributed by atoms with Gasteiger partial charge >= 0.3 is 0 Å². The highest BCUT2D eigenvalue weighted by molar-refractivity contribution is 6.05. The largest absolute Gasteiger partial charge is 0.208 e. The summed E-state index contributed by atoms with van der Waals surface area (Å²) in [6.45, 7) is 0. The fourth-order valence-electron chi connectivity index (χ4n) is 7.34. The molecule has 0 N–H and O–H groups in total. The zero-order chi connectivity index (χ0) is 39.1. The Bertz CT molecular complexity index is 2800. The minimum absolute atomic E-state index is 0.570. The van der Waals surface area contributed by atoms with Crippen molar-refractivity contribution in [3.8, 4) is 62.5 Å². The van der Waals surface area contributed by atoms with Crippen molar-refractivity contribution in [1.82, 2.24) is 15.0 Å². The standard InChI is InChI=1S/C54H36N4/c55-37-38-29-31-39(32-30-38)47-34-48(36-49(35-47)54-57-52(43-23-12-4-13-24-43)56-53(58-54)44-25-14-5-15-26-44)45-27-16-28-46(33-45)51(42-21-10-3-11-22-42)50(40-17-6-1-7-18-40)41-19-8-2-9-20-41/h1-36H. The average molecular weight is 741 g/mol. The molecule has 0 bridgehead atoms. The van der Waals surface area contributed by atoms with Gasteiger partial charge in [0.15, 0.2) is 17.5 Å². The van der Waals surface area contributed by atoms with Gasteiger partial charge in [0, 0.05) is 16.7 Å². The van der Waals surface area contributed by atoms with Gasteiger partial charge in [0.1, 0.15) is 0 Å². The molecule has 1 heterocycles. The predicted octanol–water partition coefficient (Wildman–Crippen LogP) is 13.1. The van der Waals surface area contributed by atoms with Crippen LogP contribution in [0.3, 0.4) is 0 Å². The lowest BCUT2D eigenvalue weighted by molar-refractivity contribution is 1.07. The molecule has 0 aliphatic rings. The van der Waals surface area contributed by atoms with Gasteiger partial charge in [0.25, 0.3) is 0 Å². The summed E-state index contributed by atoms with van der Waals surface area (Å²) >= 11 is 0. The van der Waals surface area contributed by atoms with Crippen LogP contribution in [0.5, 0.6) is 0 Å². The molecule has 0 aliphatic carbocycles. The summed E-state index contributed by atoms with van der Waals surface area (Å²) < 4.78 is 0. The normalized spacial score (nSPS) is 10.7. The van der Waals surface area contributed by atoms with Crippen LogP contribution in [0.4, 0.5) is 0 Å². The predicted molar refractivity (Wildman–Crippen MR) is 236 cm³/mol. The maximum Gasteiger partial charge on any atom is 0.164 e. The molecule has 8 aromatic carbocycles. The summed E-state index contributed by atoms with van der Waals surface area (Å²) in [5.74, 6) is 1.77. The molecular weight excluding hydrogens is 705 g/mol. The van der Waals surface area contributed by atoms with E-state index in [1.807, 2.05) is 84.9 Å². The molecule has 0 radical (unpaired) electrons. The first-order valence-electron chi connectivity index (χ1n) is 19.2. The van der Waals surface area contributed by atoms with Crippen molar-refractivity contribution >= 4 is 11.1 Å². The van der Waals surface area contributed by atoms with Crippen molar-refractivity contribution in [1.29, 1.82) is 5.26 Å².